The molecular weight excluding hydrogens is 194 g/mol. The number of nitrogens with two attached hydrogens (primary N) is 1. The Morgan fingerprint density at radius 1 is 1.62 bits per heavy atom. The summed E-state index contributed by atoms with van der Waals surface area (Å²) >= 11 is 0.977. The highest BCUT2D eigenvalue weighted by Gasteiger charge is 2.06. The molecule has 13 heavy (non-hydrogen) atoms. The lowest BCUT2D eigenvalue weighted by Gasteiger charge is -1.99. The van der Waals surface area contributed by atoms with Crippen molar-refractivity contribution in [2.24, 2.45) is 5.73 Å². The molecule has 1 rings (SSSR count). The van der Waals surface area contributed by atoms with Gasteiger partial charge in [-0.3, -0.25) is 19.5 Å². The minimum Gasteiger partial charge on any atom is -0.351 e. The van der Waals surface area contributed by atoms with Crippen molar-refractivity contribution in [2.45, 2.75) is 6.54 Å². The second-order valence-electron chi connectivity index (χ2n) is 2.21. The molecule has 7 heteroatoms. The lowest BCUT2D eigenvalue weighted by atomic mass is 10.6. The summed E-state index contributed by atoms with van der Waals surface area (Å²) in [5, 5.41) is 3.41. The third-order valence-corrected chi connectivity index (χ3v) is 1.91. The normalized spacial score (nSPS) is 9.54. The lowest BCUT2D eigenvalue weighted by molar-refractivity contribution is -0.120. The molecule has 1 aromatic rings. The van der Waals surface area contributed by atoms with Gasteiger partial charge in [-0.05, 0) is 0 Å². The van der Waals surface area contributed by atoms with Crippen LogP contribution in [-0.4, -0.2) is 16.5 Å². The fourth-order valence-electron chi connectivity index (χ4n) is 0.740. The van der Waals surface area contributed by atoms with Gasteiger partial charge in [-0.1, -0.05) is 11.3 Å². The van der Waals surface area contributed by atoms with Crippen LogP contribution in [0.5, 0.6) is 0 Å². The van der Waals surface area contributed by atoms with E-state index in [0.717, 1.165) is 11.3 Å². The summed E-state index contributed by atoms with van der Waals surface area (Å²) in [6.07, 6.45) is 1.47. The quantitative estimate of drug-likeness (QED) is 0.649. The maximum atomic E-state index is 10.9. The molecule has 0 unspecified atom stereocenters. The average Bonchev–Trinajstić information content (AvgIpc) is 2.34. The third-order valence-electron chi connectivity index (χ3n) is 1.22. The molecular formula is C6H7N3O3S. The minimum atomic E-state index is -0.923. The minimum absolute atomic E-state index is 0.189. The van der Waals surface area contributed by atoms with Crippen molar-refractivity contribution in [1.82, 2.24) is 9.88 Å². The molecule has 3 amide bonds. The second-order valence-corrected chi connectivity index (χ2v) is 3.07. The van der Waals surface area contributed by atoms with Gasteiger partial charge < -0.3 is 5.73 Å². The van der Waals surface area contributed by atoms with E-state index in [1.54, 1.807) is 5.38 Å². The predicted octanol–water partition coefficient (Wildman–Crippen LogP) is -0.895. The highest BCUT2D eigenvalue weighted by Crippen LogP contribution is 1.88. The molecule has 0 saturated carbocycles. The summed E-state index contributed by atoms with van der Waals surface area (Å²) in [7, 11) is 0. The van der Waals surface area contributed by atoms with Gasteiger partial charge in [0.05, 0.1) is 0 Å². The molecule has 0 aliphatic heterocycles. The zero-order chi connectivity index (χ0) is 9.84. The van der Waals surface area contributed by atoms with E-state index >= 15 is 0 Å². The van der Waals surface area contributed by atoms with Gasteiger partial charge in [-0.2, -0.15) is 0 Å². The number of imide groups is 1. The predicted molar refractivity (Wildman–Crippen MR) is 46.3 cm³/mol. The van der Waals surface area contributed by atoms with Gasteiger partial charge in [-0.15, -0.1) is 0 Å². The zero-order valence-corrected chi connectivity index (χ0v) is 7.34. The van der Waals surface area contributed by atoms with Gasteiger partial charge >= 0.3 is 10.9 Å². The second kappa shape index (κ2) is 3.85. The van der Waals surface area contributed by atoms with Crippen LogP contribution < -0.4 is 15.9 Å². The fraction of sp³-hybridized carbons (Fsp3) is 0.167. The number of hydrogen-bond acceptors (Lipinski definition) is 4. The molecule has 0 saturated heterocycles. The van der Waals surface area contributed by atoms with Crippen LogP contribution in [0, 0.1) is 0 Å². The Morgan fingerprint density at radius 2 is 2.31 bits per heavy atom. The maximum Gasteiger partial charge on any atom is 0.318 e. The Balaban J connectivity index is 2.60. The first-order chi connectivity index (χ1) is 6.09. The lowest BCUT2D eigenvalue weighted by Crippen LogP contribution is -2.38. The van der Waals surface area contributed by atoms with Crippen molar-refractivity contribution in [2.75, 3.05) is 0 Å². The fourth-order valence-corrected chi connectivity index (χ4v) is 1.32. The maximum absolute atomic E-state index is 10.9. The highest BCUT2D eigenvalue weighted by molar-refractivity contribution is 7.07. The first-order valence-corrected chi connectivity index (χ1v) is 4.21. The molecule has 0 radical (unpaired) electrons. The van der Waals surface area contributed by atoms with E-state index in [9.17, 15) is 14.4 Å². The SMILES string of the molecule is NC(=O)NC(=O)Cn1ccsc1=O. The number of carbonyl (C=O) groups excluding carboxylic acids is 2. The molecule has 6 nitrogen and oxygen atoms in total. The van der Waals surface area contributed by atoms with E-state index in [0.29, 0.717) is 0 Å². The molecule has 0 atom stereocenters. The number of hydrogen-bond donors (Lipinski definition) is 2. The van der Waals surface area contributed by atoms with Gasteiger partial charge in [0.25, 0.3) is 0 Å². The molecule has 0 fully saturated rings. The van der Waals surface area contributed by atoms with E-state index in [1.807, 2.05) is 5.32 Å². The monoisotopic (exact) mass is 201 g/mol. The van der Waals surface area contributed by atoms with Crippen LogP contribution in [0.1, 0.15) is 0 Å². The van der Waals surface area contributed by atoms with Crippen LogP contribution in [0.3, 0.4) is 0 Å². The van der Waals surface area contributed by atoms with Crippen LogP contribution >= 0.6 is 11.3 Å². The number of amides is 3. The van der Waals surface area contributed by atoms with Crippen LogP contribution in [-0.2, 0) is 11.3 Å². The van der Waals surface area contributed by atoms with Gasteiger partial charge in [-0.25, -0.2) is 4.79 Å². The molecule has 0 bridgehead atoms. The number of nitrogens with zero attached hydrogens (tertiary/aromatic N) is 1. The van der Waals surface area contributed by atoms with Crippen LogP contribution in [0.4, 0.5) is 4.79 Å². The highest BCUT2D eigenvalue weighted by atomic mass is 32.1. The van der Waals surface area contributed by atoms with Gasteiger partial charge in [0.15, 0.2) is 0 Å². The van der Waals surface area contributed by atoms with Gasteiger partial charge in [0, 0.05) is 11.6 Å². The van der Waals surface area contributed by atoms with E-state index in [-0.39, 0.29) is 11.4 Å². The van der Waals surface area contributed by atoms with Crippen molar-refractivity contribution in [3.8, 4) is 0 Å². The van der Waals surface area contributed by atoms with Crippen molar-refractivity contribution in [3.63, 3.8) is 0 Å². The summed E-state index contributed by atoms with van der Waals surface area (Å²) in [4.78, 5) is 31.8. The summed E-state index contributed by atoms with van der Waals surface area (Å²) in [6, 6.07) is -0.923. The Bertz CT molecular complexity index is 380. The van der Waals surface area contributed by atoms with Crippen molar-refractivity contribution < 1.29 is 9.59 Å². The molecule has 0 aromatic carbocycles. The number of nitrogens with one attached hydrogen (secondary N) is 1. The van der Waals surface area contributed by atoms with Crippen molar-refractivity contribution >= 4 is 23.3 Å². The standard InChI is InChI=1S/C6H7N3O3S/c7-5(11)8-4(10)3-9-1-2-13-6(9)12/h1-2H,3H2,(H3,7,8,10,11). The van der Waals surface area contributed by atoms with Gasteiger partial charge in [0.1, 0.15) is 6.54 Å². The number of aromatic nitrogens is 1. The summed E-state index contributed by atoms with van der Waals surface area (Å²) in [5.41, 5.74) is 4.70. The van der Waals surface area contributed by atoms with Crippen molar-refractivity contribution in [1.29, 1.82) is 0 Å². The van der Waals surface area contributed by atoms with E-state index < -0.39 is 11.9 Å². The summed E-state index contributed by atoms with van der Waals surface area (Å²) in [5.74, 6) is -0.604. The molecule has 0 aliphatic rings. The van der Waals surface area contributed by atoms with Crippen LogP contribution in [0.15, 0.2) is 16.4 Å². The van der Waals surface area contributed by atoms with E-state index in [1.165, 1.54) is 10.8 Å². The number of thiazole rings is 1. The Morgan fingerprint density at radius 3 is 2.77 bits per heavy atom. The number of urea groups is 1. The molecule has 0 aliphatic carbocycles. The first-order valence-electron chi connectivity index (χ1n) is 3.33. The molecule has 0 spiro atoms. The Labute approximate surface area is 77.0 Å². The smallest absolute Gasteiger partial charge is 0.318 e. The van der Waals surface area contributed by atoms with Crippen LogP contribution in [0.2, 0.25) is 0 Å². The van der Waals surface area contributed by atoms with E-state index in [4.69, 9.17) is 5.73 Å². The van der Waals surface area contributed by atoms with Crippen molar-refractivity contribution in [3.05, 3.63) is 21.2 Å². The Hall–Kier alpha value is -1.63. The third kappa shape index (κ3) is 2.71. The number of carbonyl (C=O) groups is 2. The van der Waals surface area contributed by atoms with Crippen LogP contribution in [0.25, 0.3) is 0 Å². The number of rotatable bonds is 2. The summed E-state index contributed by atoms with van der Waals surface area (Å²) in [6.45, 7) is -0.189. The van der Waals surface area contributed by atoms with Gasteiger partial charge in [0.2, 0.25) is 5.91 Å². The largest absolute Gasteiger partial charge is 0.351 e. The number of primary amides is 1. The first kappa shape index (κ1) is 9.46. The molecule has 1 aromatic heterocycles. The average molecular weight is 201 g/mol. The zero-order valence-electron chi connectivity index (χ0n) is 6.52. The molecule has 70 valence electrons. The topological polar surface area (TPSA) is 94.2 Å². The molecule has 1 heterocycles. The summed E-state index contributed by atoms with van der Waals surface area (Å²) < 4.78 is 1.18. The van der Waals surface area contributed by atoms with E-state index in [2.05, 4.69) is 0 Å². The Kier molecular flexibility index (Phi) is 2.80. The molecule has 3 N–H and O–H groups in total.